The van der Waals surface area contributed by atoms with Crippen LogP contribution in [0.25, 0.3) is 0 Å². The largest absolute Gasteiger partial charge is 0.481 e. The Kier molecular flexibility index (Phi) is 5.77. The number of rotatable bonds is 6. The van der Waals surface area contributed by atoms with Gasteiger partial charge in [0, 0.05) is 19.1 Å². The van der Waals surface area contributed by atoms with Gasteiger partial charge in [-0.2, -0.15) is 0 Å². The molecule has 1 unspecified atom stereocenters. The third-order valence-electron chi connectivity index (χ3n) is 3.41. The lowest BCUT2D eigenvalue weighted by Crippen LogP contribution is -2.42. The van der Waals surface area contributed by atoms with Crippen LogP contribution in [0.1, 0.15) is 39.0 Å². The summed E-state index contributed by atoms with van der Waals surface area (Å²) >= 11 is 0. The molecule has 0 bridgehead atoms. The Bertz CT molecular complexity index is 214. The van der Waals surface area contributed by atoms with E-state index in [0.717, 1.165) is 12.8 Å². The summed E-state index contributed by atoms with van der Waals surface area (Å²) in [5.41, 5.74) is 0. The van der Waals surface area contributed by atoms with Crippen molar-refractivity contribution in [2.75, 3.05) is 19.7 Å². The summed E-state index contributed by atoms with van der Waals surface area (Å²) < 4.78 is 0. The van der Waals surface area contributed by atoms with Crippen molar-refractivity contribution >= 4 is 5.97 Å². The summed E-state index contributed by atoms with van der Waals surface area (Å²) in [7, 11) is 0. The van der Waals surface area contributed by atoms with Crippen molar-refractivity contribution in [3.8, 4) is 0 Å². The van der Waals surface area contributed by atoms with Gasteiger partial charge in [0.2, 0.25) is 0 Å². The van der Waals surface area contributed by atoms with Gasteiger partial charge in [-0.3, -0.25) is 9.69 Å². The van der Waals surface area contributed by atoms with Crippen LogP contribution in [-0.4, -0.2) is 46.8 Å². The van der Waals surface area contributed by atoms with Crippen LogP contribution in [0.5, 0.6) is 0 Å². The van der Waals surface area contributed by atoms with Crippen molar-refractivity contribution in [3.05, 3.63) is 0 Å². The van der Waals surface area contributed by atoms with E-state index >= 15 is 0 Å². The van der Waals surface area contributed by atoms with E-state index in [4.69, 9.17) is 10.2 Å². The highest BCUT2D eigenvalue weighted by Crippen LogP contribution is 2.23. The van der Waals surface area contributed by atoms with Crippen LogP contribution in [-0.2, 0) is 4.79 Å². The Morgan fingerprint density at radius 3 is 2.50 bits per heavy atom. The zero-order valence-corrected chi connectivity index (χ0v) is 10.1. The van der Waals surface area contributed by atoms with Gasteiger partial charge in [-0.25, -0.2) is 0 Å². The molecule has 1 aliphatic carbocycles. The number of hydrogen-bond donors (Lipinski definition) is 2. The molecule has 1 atom stereocenters. The van der Waals surface area contributed by atoms with Crippen LogP contribution in [0.2, 0.25) is 0 Å². The normalized spacial score (nSPS) is 19.9. The lowest BCUT2D eigenvalue weighted by atomic mass is 9.93. The average molecular weight is 229 g/mol. The Morgan fingerprint density at radius 1 is 1.38 bits per heavy atom. The molecule has 94 valence electrons. The van der Waals surface area contributed by atoms with E-state index < -0.39 is 5.97 Å². The smallest absolute Gasteiger partial charge is 0.307 e. The van der Waals surface area contributed by atoms with Crippen LogP contribution in [0.4, 0.5) is 0 Å². The summed E-state index contributed by atoms with van der Waals surface area (Å²) in [6.07, 6.45) is 6.04. The molecular formula is C12H23NO3. The summed E-state index contributed by atoms with van der Waals surface area (Å²) in [5.74, 6) is -1.10. The highest BCUT2D eigenvalue weighted by Gasteiger charge is 2.24. The van der Waals surface area contributed by atoms with E-state index in [1.54, 1.807) is 6.92 Å². The third kappa shape index (κ3) is 4.10. The first-order valence-electron chi connectivity index (χ1n) is 6.23. The Hall–Kier alpha value is -0.610. The zero-order valence-electron chi connectivity index (χ0n) is 10.1. The Labute approximate surface area is 97.3 Å². The second kappa shape index (κ2) is 6.86. The second-order valence-electron chi connectivity index (χ2n) is 4.75. The molecule has 0 saturated heterocycles. The Balaban J connectivity index is 2.48. The van der Waals surface area contributed by atoms with E-state index in [9.17, 15) is 4.79 Å². The van der Waals surface area contributed by atoms with Gasteiger partial charge in [0.25, 0.3) is 0 Å². The van der Waals surface area contributed by atoms with E-state index in [0.29, 0.717) is 19.1 Å². The van der Waals surface area contributed by atoms with Gasteiger partial charge in [0.1, 0.15) is 0 Å². The van der Waals surface area contributed by atoms with Crippen LogP contribution >= 0.6 is 0 Å². The van der Waals surface area contributed by atoms with Crippen molar-refractivity contribution < 1.29 is 15.0 Å². The molecule has 0 amide bonds. The highest BCUT2D eigenvalue weighted by atomic mass is 16.4. The maximum absolute atomic E-state index is 10.8. The van der Waals surface area contributed by atoms with Crippen molar-refractivity contribution in [3.63, 3.8) is 0 Å². The minimum Gasteiger partial charge on any atom is -0.481 e. The first-order valence-corrected chi connectivity index (χ1v) is 6.23. The fraction of sp³-hybridized carbons (Fsp3) is 0.917. The molecule has 16 heavy (non-hydrogen) atoms. The topological polar surface area (TPSA) is 60.8 Å². The second-order valence-corrected chi connectivity index (χ2v) is 4.75. The molecule has 0 aromatic carbocycles. The fourth-order valence-electron chi connectivity index (χ4n) is 2.43. The van der Waals surface area contributed by atoms with E-state index in [-0.39, 0.29) is 12.5 Å². The van der Waals surface area contributed by atoms with Crippen molar-refractivity contribution in [1.29, 1.82) is 0 Å². The number of aliphatic hydroxyl groups excluding tert-OH is 1. The van der Waals surface area contributed by atoms with Crippen LogP contribution < -0.4 is 0 Å². The summed E-state index contributed by atoms with van der Waals surface area (Å²) in [5, 5.41) is 17.9. The molecular weight excluding hydrogens is 206 g/mol. The summed E-state index contributed by atoms with van der Waals surface area (Å²) in [6.45, 7) is 3.00. The first-order chi connectivity index (χ1) is 7.65. The molecule has 0 heterocycles. The molecule has 0 spiro atoms. The predicted molar refractivity (Wildman–Crippen MR) is 62.3 cm³/mol. The van der Waals surface area contributed by atoms with Crippen molar-refractivity contribution in [2.24, 2.45) is 5.92 Å². The third-order valence-corrected chi connectivity index (χ3v) is 3.41. The molecule has 0 aromatic rings. The summed E-state index contributed by atoms with van der Waals surface area (Å²) in [6, 6.07) is 0.475. The standard InChI is InChI=1S/C12H23NO3/c1-10(12(15)16)9-13(7-8-14)11-5-3-2-4-6-11/h10-11,14H,2-9H2,1H3,(H,15,16). The van der Waals surface area contributed by atoms with Crippen LogP contribution in [0.3, 0.4) is 0 Å². The maximum Gasteiger partial charge on any atom is 0.307 e. The predicted octanol–water partition coefficient (Wildman–Crippen LogP) is 1.33. The van der Waals surface area contributed by atoms with E-state index in [1.807, 2.05) is 0 Å². The molecule has 1 fully saturated rings. The molecule has 0 radical (unpaired) electrons. The molecule has 1 aliphatic rings. The molecule has 0 aromatic heterocycles. The lowest BCUT2D eigenvalue weighted by Gasteiger charge is -2.34. The molecule has 0 aliphatic heterocycles. The number of carboxylic acids is 1. The number of carboxylic acid groups (broad SMARTS) is 1. The molecule has 4 nitrogen and oxygen atoms in total. The SMILES string of the molecule is CC(CN(CCO)C1CCCCC1)C(=O)O. The van der Waals surface area contributed by atoms with E-state index in [1.165, 1.54) is 19.3 Å². The van der Waals surface area contributed by atoms with Gasteiger partial charge in [0.05, 0.1) is 12.5 Å². The molecule has 1 saturated carbocycles. The van der Waals surface area contributed by atoms with E-state index in [2.05, 4.69) is 4.90 Å². The van der Waals surface area contributed by atoms with Gasteiger partial charge in [-0.05, 0) is 12.8 Å². The van der Waals surface area contributed by atoms with Gasteiger partial charge in [0.15, 0.2) is 0 Å². The Morgan fingerprint density at radius 2 is 2.00 bits per heavy atom. The maximum atomic E-state index is 10.8. The zero-order chi connectivity index (χ0) is 12.0. The monoisotopic (exact) mass is 229 g/mol. The number of aliphatic hydroxyl groups is 1. The minimum atomic E-state index is -0.751. The number of aliphatic carboxylic acids is 1. The first kappa shape index (κ1) is 13.5. The quantitative estimate of drug-likeness (QED) is 0.721. The number of carbonyl (C=O) groups is 1. The average Bonchev–Trinajstić information content (AvgIpc) is 2.29. The van der Waals surface area contributed by atoms with Gasteiger partial charge in [-0.1, -0.05) is 26.2 Å². The van der Waals surface area contributed by atoms with Gasteiger partial charge in [-0.15, -0.1) is 0 Å². The van der Waals surface area contributed by atoms with Crippen LogP contribution in [0, 0.1) is 5.92 Å². The van der Waals surface area contributed by atoms with Gasteiger partial charge >= 0.3 is 5.97 Å². The molecule has 4 heteroatoms. The van der Waals surface area contributed by atoms with Gasteiger partial charge < -0.3 is 10.2 Å². The van der Waals surface area contributed by atoms with Crippen LogP contribution in [0.15, 0.2) is 0 Å². The number of nitrogens with zero attached hydrogens (tertiary/aromatic N) is 1. The fourth-order valence-corrected chi connectivity index (χ4v) is 2.43. The van der Waals surface area contributed by atoms with Crippen molar-refractivity contribution in [1.82, 2.24) is 4.90 Å². The number of hydrogen-bond acceptors (Lipinski definition) is 3. The summed E-state index contributed by atoms with van der Waals surface area (Å²) in [4.78, 5) is 13.0. The lowest BCUT2D eigenvalue weighted by molar-refractivity contribution is -0.142. The minimum absolute atomic E-state index is 0.114. The molecule has 1 rings (SSSR count). The highest BCUT2D eigenvalue weighted by molar-refractivity contribution is 5.69. The molecule has 2 N–H and O–H groups in total. The van der Waals surface area contributed by atoms with Crippen molar-refractivity contribution in [2.45, 2.75) is 45.1 Å².